The molecule has 0 aliphatic rings. The third kappa shape index (κ3) is 5.87. The van der Waals surface area contributed by atoms with Crippen molar-refractivity contribution < 1.29 is 19.1 Å². The summed E-state index contributed by atoms with van der Waals surface area (Å²) < 4.78 is 10.7. The molecule has 0 bridgehead atoms. The van der Waals surface area contributed by atoms with Gasteiger partial charge in [0, 0.05) is 16.7 Å². The van der Waals surface area contributed by atoms with Crippen molar-refractivity contribution in [1.82, 2.24) is 5.32 Å². The van der Waals surface area contributed by atoms with Gasteiger partial charge in [-0.1, -0.05) is 25.4 Å². The molecule has 2 N–H and O–H groups in total. The minimum absolute atomic E-state index is 0.124. The monoisotopic (exact) mass is 418 g/mol. The zero-order chi connectivity index (χ0) is 21.6. The second kappa shape index (κ2) is 10.2. The third-order valence-electron chi connectivity index (χ3n) is 4.40. The predicted octanol–water partition coefficient (Wildman–Crippen LogP) is 4.45. The summed E-state index contributed by atoms with van der Waals surface area (Å²) in [6.07, 6.45) is 0. The SMILES string of the molecule is CCOc1ccc(C(=O)NC(C(=O)Nc2cc(C)c(Cl)cc2OC)C(C)C)cc1. The molecule has 0 aliphatic carbocycles. The summed E-state index contributed by atoms with van der Waals surface area (Å²) in [6.45, 7) is 8.02. The Bertz CT molecular complexity index is 866. The fourth-order valence-electron chi connectivity index (χ4n) is 2.77. The van der Waals surface area contributed by atoms with Crippen molar-refractivity contribution in [2.75, 3.05) is 19.0 Å². The number of aryl methyl sites for hydroxylation is 1. The molecule has 156 valence electrons. The van der Waals surface area contributed by atoms with E-state index in [9.17, 15) is 9.59 Å². The molecular formula is C22H27ClN2O4. The number of halogens is 1. The summed E-state index contributed by atoms with van der Waals surface area (Å²) >= 11 is 6.12. The van der Waals surface area contributed by atoms with Crippen molar-refractivity contribution in [1.29, 1.82) is 0 Å². The van der Waals surface area contributed by atoms with Crippen molar-refractivity contribution in [2.24, 2.45) is 5.92 Å². The highest BCUT2D eigenvalue weighted by Crippen LogP contribution is 2.31. The minimum atomic E-state index is -0.727. The van der Waals surface area contributed by atoms with E-state index in [0.717, 1.165) is 5.56 Å². The third-order valence-corrected chi connectivity index (χ3v) is 4.81. The Kier molecular flexibility index (Phi) is 7.91. The van der Waals surface area contributed by atoms with Crippen molar-refractivity contribution >= 4 is 29.1 Å². The van der Waals surface area contributed by atoms with E-state index in [-0.39, 0.29) is 17.7 Å². The molecule has 0 saturated heterocycles. The molecule has 0 aromatic heterocycles. The molecule has 1 unspecified atom stereocenters. The van der Waals surface area contributed by atoms with Gasteiger partial charge in [0.05, 0.1) is 19.4 Å². The molecule has 1 atom stereocenters. The van der Waals surface area contributed by atoms with Crippen LogP contribution in [0.1, 0.15) is 36.7 Å². The first-order valence-corrected chi connectivity index (χ1v) is 9.83. The Morgan fingerprint density at radius 3 is 2.34 bits per heavy atom. The first-order valence-electron chi connectivity index (χ1n) is 9.45. The van der Waals surface area contributed by atoms with Gasteiger partial charge in [-0.15, -0.1) is 0 Å². The molecule has 2 aromatic rings. The lowest BCUT2D eigenvalue weighted by atomic mass is 10.0. The lowest BCUT2D eigenvalue weighted by Gasteiger charge is -2.22. The predicted molar refractivity (Wildman–Crippen MR) is 115 cm³/mol. The van der Waals surface area contributed by atoms with E-state index < -0.39 is 6.04 Å². The van der Waals surface area contributed by atoms with Crippen molar-refractivity contribution in [2.45, 2.75) is 33.7 Å². The Balaban J connectivity index is 2.15. The lowest BCUT2D eigenvalue weighted by molar-refractivity contribution is -0.118. The maximum absolute atomic E-state index is 12.9. The molecule has 0 spiro atoms. The summed E-state index contributed by atoms with van der Waals surface area (Å²) in [7, 11) is 1.50. The maximum Gasteiger partial charge on any atom is 0.251 e. The van der Waals surface area contributed by atoms with Crippen LogP contribution in [0, 0.1) is 12.8 Å². The van der Waals surface area contributed by atoms with Crippen LogP contribution in [0.4, 0.5) is 5.69 Å². The van der Waals surface area contributed by atoms with E-state index >= 15 is 0 Å². The summed E-state index contributed by atoms with van der Waals surface area (Å²) in [5.74, 6) is 0.350. The molecule has 0 fully saturated rings. The van der Waals surface area contributed by atoms with Gasteiger partial charge in [0.2, 0.25) is 5.91 Å². The molecule has 0 aliphatic heterocycles. The van der Waals surface area contributed by atoms with Crippen LogP contribution in [0.25, 0.3) is 0 Å². The number of nitrogens with one attached hydrogen (secondary N) is 2. The molecule has 6 nitrogen and oxygen atoms in total. The average molecular weight is 419 g/mol. The molecular weight excluding hydrogens is 392 g/mol. The zero-order valence-corrected chi connectivity index (χ0v) is 18.1. The molecule has 0 saturated carbocycles. The molecule has 2 amide bonds. The van der Waals surface area contributed by atoms with E-state index in [4.69, 9.17) is 21.1 Å². The van der Waals surface area contributed by atoms with E-state index in [0.29, 0.717) is 34.4 Å². The second-order valence-electron chi connectivity index (χ2n) is 6.94. The van der Waals surface area contributed by atoms with Gasteiger partial charge in [-0.05, 0) is 55.7 Å². The van der Waals surface area contributed by atoms with Gasteiger partial charge in [0.25, 0.3) is 5.91 Å². The molecule has 0 heterocycles. The van der Waals surface area contributed by atoms with Gasteiger partial charge in [-0.2, -0.15) is 0 Å². The van der Waals surface area contributed by atoms with E-state index in [1.54, 1.807) is 36.4 Å². The number of hydrogen-bond acceptors (Lipinski definition) is 4. The lowest BCUT2D eigenvalue weighted by Crippen LogP contribution is -2.47. The average Bonchev–Trinajstić information content (AvgIpc) is 2.69. The van der Waals surface area contributed by atoms with E-state index in [1.807, 2.05) is 27.7 Å². The Hall–Kier alpha value is -2.73. The van der Waals surface area contributed by atoms with E-state index in [2.05, 4.69) is 10.6 Å². The number of amides is 2. The number of rotatable bonds is 8. The smallest absolute Gasteiger partial charge is 0.251 e. The van der Waals surface area contributed by atoms with Crippen molar-refractivity contribution in [3.05, 3.63) is 52.5 Å². The number of carbonyl (C=O) groups is 2. The summed E-state index contributed by atoms with van der Waals surface area (Å²) in [4.78, 5) is 25.5. The zero-order valence-electron chi connectivity index (χ0n) is 17.3. The number of benzene rings is 2. The highest BCUT2D eigenvalue weighted by molar-refractivity contribution is 6.31. The maximum atomic E-state index is 12.9. The Morgan fingerprint density at radius 2 is 1.79 bits per heavy atom. The van der Waals surface area contributed by atoms with Crippen molar-refractivity contribution in [3.8, 4) is 11.5 Å². The number of ether oxygens (including phenoxy) is 2. The molecule has 29 heavy (non-hydrogen) atoms. The van der Waals surface area contributed by atoms with Crippen LogP contribution < -0.4 is 20.1 Å². The highest BCUT2D eigenvalue weighted by Gasteiger charge is 2.26. The van der Waals surface area contributed by atoms with Crippen LogP contribution in [0.2, 0.25) is 5.02 Å². The fourth-order valence-corrected chi connectivity index (χ4v) is 2.92. The largest absolute Gasteiger partial charge is 0.495 e. The number of methoxy groups -OCH3 is 1. The summed E-state index contributed by atoms with van der Waals surface area (Å²) in [5.41, 5.74) is 1.76. The molecule has 2 aromatic carbocycles. The molecule has 0 radical (unpaired) electrons. The molecule has 2 rings (SSSR count). The van der Waals surface area contributed by atoms with Crippen LogP contribution in [-0.4, -0.2) is 31.6 Å². The van der Waals surface area contributed by atoms with Crippen LogP contribution in [-0.2, 0) is 4.79 Å². The van der Waals surface area contributed by atoms with Crippen LogP contribution in [0.3, 0.4) is 0 Å². The normalized spacial score (nSPS) is 11.7. The van der Waals surface area contributed by atoms with Crippen LogP contribution in [0.5, 0.6) is 11.5 Å². The quantitative estimate of drug-likeness (QED) is 0.664. The van der Waals surface area contributed by atoms with Gasteiger partial charge in [0.15, 0.2) is 0 Å². The highest BCUT2D eigenvalue weighted by atomic mass is 35.5. The number of hydrogen-bond donors (Lipinski definition) is 2. The van der Waals surface area contributed by atoms with Gasteiger partial charge >= 0.3 is 0 Å². The Morgan fingerprint density at radius 1 is 1.14 bits per heavy atom. The summed E-state index contributed by atoms with van der Waals surface area (Å²) in [6, 6.07) is 9.45. The number of anilines is 1. The first-order chi connectivity index (χ1) is 13.8. The fraction of sp³-hybridized carbons (Fsp3) is 0.364. The minimum Gasteiger partial charge on any atom is -0.495 e. The first kappa shape index (κ1) is 22.6. The number of carbonyl (C=O) groups excluding carboxylic acids is 2. The van der Waals surface area contributed by atoms with E-state index in [1.165, 1.54) is 7.11 Å². The van der Waals surface area contributed by atoms with Gasteiger partial charge in [0.1, 0.15) is 17.5 Å². The van der Waals surface area contributed by atoms with Gasteiger partial charge < -0.3 is 20.1 Å². The van der Waals surface area contributed by atoms with Crippen LogP contribution in [0.15, 0.2) is 36.4 Å². The Labute approximate surface area is 176 Å². The summed E-state index contributed by atoms with van der Waals surface area (Å²) in [5, 5.41) is 6.19. The van der Waals surface area contributed by atoms with Crippen LogP contribution >= 0.6 is 11.6 Å². The van der Waals surface area contributed by atoms with Gasteiger partial charge in [-0.3, -0.25) is 9.59 Å². The molecule has 7 heteroatoms. The van der Waals surface area contributed by atoms with Gasteiger partial charge in [-0.25, -0.2) is 0 Å². The standard InChI is InChI=1S/C22H27ClN2O4/c1-6-29-16-9-7-15(8-10-16)21(26)25-20(13(2)3)22(27)24-18-11-14(4)17(23)12-19(18)28-5/h7-13,20H,6H2,1-5H3,(H,24,27)(H,25,26). The second-order valence-corrected chi connectivity index (χ2v) is 7.35. The van der Waals surface area contributed by atoms with Crippen molar-refractivity contribution in [3.63, 3.8) is 0 Å². The topological polar surface area (TPSA) is 76.7 Å².